The number of rotatable bonds is 5. The van der Waals surface area contributed by atoms with Gasteiger partial charge < -0.3 is 0 Å². The van der Waals surface area contributed by atoms with Crippen molar-refractivity contribution in [3.05, 3.63) is 24.3 Å². The third-order valence-electron chi connectivity index (χ3n) is 2.15. The van der Waals surface area contributed by atoms with Crippen LogP contribution < -0.4 is 0 Å². The molecule has 0 unspecified atom stereocenters. The molecule has 0 atom stereocenters. The molecule has 0 spiro atoms. The van der Waals surface area contributed by atoms with Crippen molar-refractivity contribution in [2.24, 2.45) is 5.92 Å². The molecule has 0 amide bonds. The highest BCUT2D eigenvalue weighted by Gasteiger charge is 2.27. The van der Waals surface area contributed by atoms with Gasteiger partial charge in [0.05, 0.1) is 4.75 Å². The molecule has 0 aromatic heterocycles. The van der Waals surface area contributed by atoms with Crippen molar-refractivity contribution >= 4 is 11.8 Å². The zero-order valence-electron chi connectivity index (χ0n) is 9.50. The van der Waals surface area contributed by atoms with Gasteiger partial charge in [-0.1, -0.05) is 45.1 Å². The average molecular weight is 198 g/mol. The van der Waals surface area contributed by atoms with Crippen LogP contribution in [0.1, 0.15) is 34.6 Å². The Morgan fingerprint density at radius 1 is 1.15 bits per heavy atom. The molecule has 76 valence electrons. The molecule has 0 aliphatic heterocycles. The Morgan fingerprint density at radius 3 is 1.85 bits per heavy atom. The van der Waals surface area contributed by atoms with E-state index in [4.69, 9.17) is 0 Å². The molecule has 0 heterocycles. The lowest BCUT2D eigenvalue weighted by atomic mass is 9.93. The van der Waals surface area contributed by atoms with E-state index in [-0.39, 0.29) is 4.75 Å². The average Bonchev–Trinajstić information content (AvgIpc) is 2.05. The molecule has 0 saturated carbocycles. The van der Waals surface area contributed by atoms with E-state index in [0.717, 1.165) is 5.75 Å². The van der Waals surface area contributed by atoms with Crippen molar-refractivity contribution in [3.63, 3.8) is 0 Å². The summed E-state index contributed by atoms with van der Waals surface area (Å²) in [4.78, 5) is 0. The van der Waals surface area contributed by atoms with Crippen molar-refractivity contribution in [3.8, 4) is 0 Å². The van der Waals surface area contributed by atoms with Gasteiger partial charge in [0.15, 0.2) is 0 Å². The van der Waals surface area contributed by atoms with E-state index in [9.17, 15) is 0 Å². The minimum Gasteiger partial charge on any atom is -0.147 e. The van der Waals surface area contributed by atoms with Crippen LogP contribution in [0.3, 0.4) is 0 Å². The molecule has 0 aromatic rings. The van der Waals surface area contributed by atoms with Crippen molar-refractivity contribution in [2.75, 3.05) is 5.75 Å². The van der Waals surface area contributed by atoms with Gasteiger partial charge in [-0.25, -0.2) is 0 Å². The molecule has 0 fully saturated rings. The second-order valence-electron chi connectivity index (χ2n) is 3.44. The molecule has 0 rings (SSSR count). The summed E-state index contributed by atoms with van der Waals surface area (Å²) in [6, 6.07) is 0. The second-order valence-corrected chi connectivity index (χ2v) is 5.01. The van der Waals surface area contributed by atoms with Gasteiger partial charge in [0, 0.05) is 0 Å². The molecule has 1 heteroatoms. The molecule has 13 heavy (non-hydrogen) atoms. The lowest BCUT2D eigenvalue weighted by Gasteiger charge is -2.30. The Kier molecular flexibility index (Phi) is 6.23. The largest absolute Gasteiger partial charge is 0.147 e. The third-order valence-corrected chi connectivity index (χ3v) is 3.68. The fraction of sp³-hybridized carbons (Fsp3) is 0.667. The first-order chi connectivity index (χ1) is 6.13. The van der Waals surface area contributed by atoms with Crippen molar-refractivity contribution in [1.29, 1.82) is 0 Å². The summed E-state index contributed by atoms with van der Waals surface area (Å²) in [6.07, 6.45) is 8.93. The van der Waals surface area contributed by atoms with E-state index in [1.54, 1.807) is 0 Å². The van der Waals surface area contributed by atoms with E-state index in [1.807, 2.05) is 11.8 Å². The summed E-state index contributed by atoms with van der Waals surface area (Å²) < 4.78 is 0.207. The molecule has 0 aliphatic carbocycles. The molecule has 0 radical (unpaired) electrons. The maximum absolute atomic E-state index is 2.31. The second kappa shape index (κ2) is 6.31. The Labute approximate surface area is 87.5 Å². The van der Waals surface area contributed by atoms with Crippen LogP contribution in [0, 0.1) is 5.92 Å². The van der Waals surface area contributed by atoms with Gasteiger partial charge in [0.25, 0.3) is 0 Å². The van der Waals surface area contributed by atoms with Gasteiger partial charge in [-0.15, -0.1) is 11.8 Å². The summed E-state index contributed by atoms with van der Waals surface area (Å²) >= 11 is 2.01. The van der Waals surface area contributed by atoms with Crippen LogP contribution in [-0.2, 0) is 0 Å². The first-order valence-corrected chi connectivity index (χ1v) is 6.03. The minimum absolute atomic E-state index is 0.207. The maximum atomic E-state index is 2.31. The van der Waals surface area contributed by atoms with Gasteiger partial charge in [-0.2, -0.15) is 0 Å². The lowest BCUT2D eigenvalue weighted by molar-refractivity contribution is 0.589. The summed E-state index contributed by atoms with van der Waals surface area (Å²) in [5.41, 5.74) is 0. The van der Waals surface area contributed by atoms with Crippen molar-refractivity contribution in [2.45, 2.75) is 39.4 Å². The van der Waals surface area contributed by atoms with Gasteiger partial charge in [-0.05, 0) is 25.5 Å². The molecule has 0 aromatic carbocycles. The molecule has 0 aliphatic rings. The molecular weight excluding hydrogens is 176 g/mol. The summed E-state index contributed by atoms with van der Waals surface area (Å²) in [5, 5.41) is 0. The summed E-state index contributed by atoms with van der Waals surface area (Å²) in [7, 11) is 0. The lowest BCUT2D eigenvalue weighted by Crippen LogP contribution is -2.26. The molecule has 0 nitrogen and oxygen atoms in total. The smallest absolute Gasteiger partial charge is 0.0541 e. The normalized spacial score (nSPS) is 17.4. The van der Waals surface area contributed by atoms with E-state index in [1.165, 1.54) is 0 Å². The fourth-order valence-electron chi connectivity index (χ4n) is 1.47. The van der Waals surface area contributed by atoms with E-state index in [0.29, 0.717) is 5.92 Å². The minimum atomic E-state index is 0.207. The predicted octanol–water partition coefficient (Wildman–Crippen LogP) is 4.29. The van der Waals surface area contributed by atoms with Crippen LogP contribution in [-0.4, -0.2) is 10.5 Å². The van der Waals surface area contributed by atoms with Gasteiger partial charge in [0.2, 0.25) is 0 Å². The zero-order chi connectivity index (χ0) is 10.3. The molecular formula is C12H22S. The number of hydrogen-bond donors (Lipinski definition) is 0. The third kappa shape index (κ3) is 3.60. The van der Waals surface area contributed by atoms with E-state index < -0.39 is 0 Å². The highest BCUT2D eigenvalue weighted by Crippen LogP contribution is 2.36. The van der Waals surface area contributed by atoms with Crippen LogP contribution in [0.25, 0.3) is 0 Å². The Bertz CT molecular complexity index is 166. The maximum Gasteiger partial charge on any atom is 0.0541 e. The van der Waals surface area contributed by atoms with Crippen LogP contribution in [0.5, 0.6) is 0 Å². The fourth-order valence-corrected chi connectivity index (χ4v) is 2.77. The van der Waals surface area contributed by atoms with Crippen LogP contribution >= 0.6 is 11.8 Å². The highest BCUT2D eigenvalue weighted by molar-refractivity contribution is 8.01. The Morgan fingerprint density at radius 2 is 1.62 bits per heavy atom. The molecule has 0 saturated heterocycles. The van der Waals surface area contributed by atoms with Gasteiger partial charge in [0.1, 0.15) is 0 Å². The van der Waals surface area contributed by atoms with Crippen LogP contribution in [0.15, 0.2) is 24.3 Å². The summed E-state index contributed by atoms with van der Waals surface area (Å²) in [6.45, 7) is 11.0. The number of allylic oxidation sites excluding steroid dienone is 2. The van der Waals surface area contributed by atoms with E-state index >= 15 is 0 Å². The number of thioether (sulfide) groups is 1. The standard InChI is InChI=1S/C12H22S/c1-6-9-12(10-7-2,11(4)5)13-8-3/h6-7,9-11H,8H2,1-5H3. The predicted molar refractivity (Wildman–Crippen MR) is 65.3 cm³/mol. The first kappa shape index (κ1) is 12.8. The van der Waals surface area contributed by atoms with Crippen molar-refractivity contribution < 1.29 is 0 Å². The number of hydrogen-bond acceptors (Lipinski definition) is 1. The quantitative estimate of drug-likeness (QED) is 0.594. The van der Waals surface area contributed by atoms with Gasteiger partial charge >= 0.3 is 0 Å². The zero-order valence-corrected chi connectivity index (χ0v) is 10.3. The van der Waals surface area contributed by atoms with Crippen LogP contribution in [0.2, 0.25) is 0 Å². The van der Waals surface area contributed by atoms with Gasteiger partial charge in [-0.3, -0.25) is 0 Å². The van der Waals surface area contributed by atoms with Crippen molar-refractivity contribution in [1.82, 2.24) is 0 Å². The molecule has 0 N–H and O–H groups in total. The SMILES string of the molecule is CC=CC(C=CC)(SCC)C(C)C. The van der Waals surface area contributed by atoms with Crippen LogP contribution in [0.4, 0.5) is 0 Å². The Balaban J connectivity index is 4.80. The monoisotopic (exact) mass is 198 g/mol. The first-order valence-electron chi connectivity index (χ1n) is 5.04. The Hall–Kier alpha value is -0.170. The van der Waals surface area contributed by atoms with E-state index in [2.05, 4.69) is 58.9 Å². The molecule has 0 bridgehead atoms. The summed E-state index contributed by atoms with van der Waals surface area (Å²) in [5.74, 6) is 1.80. The topological polar surface area (TPSA) is 0 Å². The highest BCUT2D eigenvalue weighted by atomic mass is 32.2.